The summed E-state index contributed by atoms with van der Waals surface area (Å²) in [6.07, 6.45) is 0. The van der Waals surface area contributed by atoms with Crippen LogP contribution >= 0.6 is 11.8 Å². The van der Waals surface area contributed by atoms with Gasteiger partial charge in [0.25, 0.3) is 0 Å². The van der Waals surface area contributed by atoms with Crippen LogP contribution in [0.15, 0.2) is 6.07 Å². The van der Waals surface area contributed by atoms with Crippen LogP contribution in [0.2, 0.25) is 0 Å². The van der Waals surface area contributed by atoms with Crippen LogP contribution in [0.4, 0.5) is 0 Å². The van der Waals surface area contributed by atoms with Gasteiger partial charge in [-0.1, -0.05) is 20.8 Å². The molecule has 4 nitrogen and oxygen atoms in total. The monoisotopic (exact) mass is 283 g/mol. The Kier molecular flexibility index (Phi) is 6.75. The molecular weight excluding hydrogens is 258 g/mol. The zero-order valence-electron chi connectivity index (χ0n) is 12.6. The molecule has 1 aromatic heterocycles. The summed E-state index contributed by atoms with van der Waals surface area (Å²) in [5, 5.41) is 3.31. The molecule has 0 saturated heterocycles. The number of aromatic nitrogens is 2. The largest absolute Gasteiger partial charge is 0.383 e. The standard InChI is InChI=1S/C14H25N3OS/c1-11-8-12(9-15-6-7-18-5)17-13(16-11)10-19-14(2,3)4/h8,15H,6-7,9-10H2,1-5H3. The van der Waals surface area contributed by atoms with Crippen LogP contribution in [-0.2, 0) is 17.0 Å². The van der Waals surface area contributed by atoms with Gasteiger partial charge in [0.15, 0.2) is 0 Å². The number of rotatable bonds is 7. The van der Waals surface area contributed by atoms with Crippen LogP contribution < -0.4 is 5.32 Å². The molecule has 0 unspecified atom stereocenters. The number of aryl methyl sites for hydroxylation is 1. The highest BCUT2D eigenvalue weighted by molar-refractivity contribution is 7.99. The Labute approximate surface area is 120 Å². The van der Waals surface area contributed by atoms with Gasteiger partial charge >= 0.3 is 0 Å². The van der Waals surface area contributed by atoms with Crippen LogP contribution in [-0.4, -0.2) is 35.0 Å². The van der Waals surface area contributed by atoms with Crippen molar-refractivity contribution in [3.63, 3.8) is 0 Å². The van der Waals surface area contributed by atoms with E-state index in [0.29, 0.717) is 0 Å². The number of nitrogens with one attached hydrogen (secondary N) is 1. The van der Waals surface area contributed by atoms with Crippen molar-refractivity contribution < 1.29 is 4.74 Å². The Hall–Kier alpha value is -0.650. The van der Waals surface area contributed by atoms with E-state index in [2.05, 4.69) is 36.1 Å². The zero-order valence-corrected chi connectivity index (χ0v) is 13.4. The molecule has 0 atom stereocenters. The lowest BCUT2D eigenvalue weighted by Gasteiger charge is -2.17. The predicted molar refractivity (Wildman–Crippen MR) is 81.4 cm³/mol. The van der Waals surface area contributed by atoms with Crippen molar-refractivity contribution in [2.75, 3.05) is 20.3 Å². The van der Waals surface area contributed by atoms with Gasteiger partial charge in [0.1, 0.15) is 5.82 Å². The molecule has 0 amide bonds. The fraction of sp³-hybridized carbons (Fsp3) is 0.714. The number of methoxy groups -OCH3 is 1. The molecule has 108 valence electrons. The van der Waals surface area contributed by atoms with Gasteiger partial charge in [-0.3, -0.25) is 0 Å². The Morgan fingerprint density at radius 3 is 2.68 bits per heavy atom. The highest BCUT2D eigenvalue weighted by atomic mass is 32.2. The lowest BCUT2D eigenvalue weighted by atomic mass is 10.3. The van der Waals surface area contributed by atoms with Crippen molar-refractivity contribution in [1.29, 1.82) is 0 Å². The van der Waals surface area contributed by atoms with E-state index in [1.54, 1.807) is 7.11 Å². The first-order chi connectivity index (χ1) is 8.90. The van der Waals surface area contributed by atoms with Crippen molar-refractivity contribution in [3.8, 4) is 0 Å². The SMILES string of the molecule is COCCNCc1cc(C)nc(CSC(C)(C)C)n1. The molecule has 0 radical (unpaired) electrons. The van der Waals surface area contributed by atoms with E-state index in [4.69, 9.17) is 4.74 Å². The molecule has 1 N–H and O–H groups in total. The molecule has 0 spiro atoms. The average Bonchev–Trinajstić information content (AvgIpc) is 2.31. The Morgan fingerprint density at radius 2 is 2.05 bits per heavy atom. The summed E-state index contributed by atoms with van der Waals surface area (Å²) in [4.78, 5) is 9.10. The van der Waals surface area contributed by atoms with Gasteiger partial charge in [0, 0.05) is 30.6 Å². The van der Waals surface area contributed by atoms with Crippen molar-refractivity contribution in [2.45, 2.75) is 44.7 Å². The molecule has 0 aliphatic carbocycles. The number of hydrogen-bond donors (Lipinski definition) is 1. The van der Waals surface area contributed by atoms with E-state index in [0.717, 1.165) is 42.7 Å². The van der Waals surface area contributed by atoms with Gasteiger partial charge in [0.05, 0.1) is 18.1 Å². The molecule has 0 saturated carbocycles. The number of ether oxygens (including phenoxy) is 1. The summed E-state index contributed by atoms with van der Waals surface area (Å²) >= 11 is 1.87. The number of thioether (sulfide) groups is 1. The van der Waals surface area contributed by atoms with E-state index in [9.17, 15) is 0 Å². The molecular formula is C14H25N3OS. The summed E-state index contributed by atoms with van der Waals surface area (Å²) in [7, 11) is 1.71. The van der Waals surface area contributed by atoms with Crippen LogP contribution in [0.5, 0.6) is 0 Å². The van der Waals surface area contributed by atoms with Crippen LogP contribution in [0.1, 0.15) is 38.0 Å². The van der Waals surface area contributed by atoms with Crippen molar-refractivity contribution in [3.05, 3.63) is 23.3 Å². The summed E-state index contributed by atoms with van der Waals surface area (Å²) in [5.41, 5.74) is 2.08. The van der Waals surface area contributed by atoms with E-state index in [1.165, 1.54) is 0 Å². The molecule has 19 heavy (non-hydrogen) atoms. The first kappa shape index (κ1) is 16.4. The third-order valence-corrected chi connectivity index (χ3v) is 3.65. The summed E-state index contributed by atoms with van der Waals surface area (Å²) < 4.78 is 5.24. The van der Waals surface area contributed by atoms with Crippen LogP contribution in [0.3, 0.4) is 0 Å². The van der Waals surface area contributed by atoms with E-state index in [1.807, 2.05) is 24.8 Å². The van der Waals surface area contributed by atoms with Gasteiger partial charge in [-0.05, 0) is 13.0 Å². The molecule has 0 aromatic carbocycles. The molecule has 1 aromatic rings. The highest BCUT2D eigenvalue weighted by Gasteiger charge is 2.12. The normalized spacial score (nSPS) is 11.8. The molecule has 0 aliphatic rings. The second-order valence-corrected chi connectivity index (χ2v) is 7.29. The van der Waals surface area contributed by atoms with Crippen molar-refractivity contribution in [1.82, 2.24) is 15.3 Å². The van der Waals surface area contributed by atoms with Crippen molar-refractivity contribution in [2.24, 2.45) is 0 Å². The smallest absolute Gasteiger partial charge is 0.138 e. The van der Waals surface area contributed by atoms with Gasteiger partial charge in [0.2, 0.25) is 0 Å². The van der Waals surface area contributed by atoms with E-state index in [-0.39, 0.29) is 4.75 Å². The molecule has 1 rings (SSSR count). The Bertz CT molecular complexity index is 391. The average molecular weight is 283 g/mol. The van der Waals surface area contributed by atoms with Crippen LogP contribution in [0, 0.1) is 6.92 Å². The number of hydrogen-bond acceptors (Lipinski definition) is 5. The van der Waals surface area contributed by atoms with Gasteiger partial charge < -0.3 is 10.1 Å². The fourth-order valence-corrected chi connectivity index (χ4v) is 2.22. The molecule has 0 fully saturated rings. The minimum Gasteiger partial charge on any atom is -0.383 e. The van der Waals surface area contributed by atoms with E-state index < -0.39 is 0 Å². The predicted octanol–water partition coefficient (Wildman–Crippen LogP) is 2.55. The summed E-state index contributed by atoms with van der Waals surface area (Å²) in [6, 6.07) is 2.03. The highest BCUT2D eigenvalue weighted by Crippen LogP contribution is 2.26. The lowest BCUT2D eigenvalue weighted by molar-refractivity contribution is 0.199. The quantitative estimate of drug-likeness (QED) is 0.779. The molecule has 1 heterocycles. The van der Waals surface area contributed by atoms with Crippen LogP contribution in [0.25, 0.3) is 0 Å². The summed E-state index contributed by atoms with van der Waals surface area (Å²) in [5.74, 6) is 1.78. The van der Waals surface area contributed by atoms with Gasteiger partial charge in [-0.15, -0.1) is 11.8 Å². The fourth-order valence-electron chi connectivity index (χ4n) is 1.53. The Morgan fingerprint density at radius 1 is 1.32 bits per heavy atom. The maximum absolute atomic E-state index is 5.00. The maximum Gasteiger partial charge on any atom is 0.138 e. The third-order valence-electron chi connectivity index (χ3n) is 2.38. The Balaban J connectivity index is 2.56. The third kappa shape index (κ3) is 7.50. The topological polar surface area (TPSA) is 47.0 Å². The summed E-state index contributed by atoms with van der Waals surface area (Å²) in [6.45, 7) is 11.0. The second-order valence-electron chi connectivity index (χ2n) is 5.49. The first-order valence-corrected chi connectivity index (χ1v) is 7.56. The lowest BCUT2D eigenvalue weighted by Crippen LogP contribution is -2.20. The van der Waals surface area contributed by atoms with Gasteiger partial charge in [-0.2, -0.15) is 0 Å². The minimum atomic E-state index is 0.240. The molecule has 5 heteroatoms. The maximum atomic E-state index is 5.00. The zero-order chi connectivity index (χ0) is 14.3. The van der Waals surface area contributed by atoms with Gasteiger partial charge in [-0.25, -0.2) is 9.97 Å². The second kappa shape index (κ2) is 7.82. The number of nitrogens with zero attached hydrogens (tertiary/aromatic N) is 2. The van der Waals surface area contributed by atoms with E-state index >= 15 is 0 Å². The first-order valence-electron chi connectivity index (χ1n) is 6.58. The molecule has 0 bridgehead atoms. The minimum absolute atomic E-state index is 0.240. The molecule has 0 aliphatic heterocycles. The van der Waals surface area contributed by atoms with Crippen molar-refractivity contribution >= 4 is 11.8 Å².